The molecule has 0 bridgehead atoms. The summed E-state index contributed by atoms with van der Waals surface area (Å²) in [4.78, 5) is 57.9. The van der Waals surface area contributed by atoms with Crippen molar-refractivity contribution >= 4 is 23.9 Å². The highest BCUT2D eigenvalue weighted by atomic mass is 16.6. The zero-order chi connectivity index (χ0) is 21.5. The minimum Gasteiger partial charge on any atom is -0.371 e. The smallest absolute Gasteiger partial charge is 0.329 e. The Balaban J connectivity index is 1.66. The number of carbonyl (C=O) groups excluding carboxylic acids is 4. The summed E-state index contributed by atoms with van der Waals surface area (Å²) < 4.78 is 10.5. The SMILES string of the molecule is CC1(C)C(=O)N(C(C)(C)N2C(=O)N(CC3CO3)C(C)(C)C2=O)C(=O)N1CC1CO1. The Kier molecular flexibility index (Phi) is 4.10. The number of rotatable bonds is 6. The van der Waals surface area contributed by atoms with E-state index in [9.17, 15) is 19.2 Å². The first-order valence-electron chi connectivity index (χ1n) is 9.87. The van der Waals surface area contributed by atoms with E-state index in [2.05, 4.69) is 0 Å². The molecule has 0 N–H and O–H groups in total. The van der Waals surface area contributed by atoms with Crippen LogP contribution in [0.4, 0.5) is 9.59 Å². The topological polar surface area (TPSA) is 106 Å². The molecule has 0 radical (unpaired) electrons. The van der Waals surface area contributed by atoms with E-state index in [0.717, 1.165) is 9.80 Å². The lowest BCUT2D eigenvalue weighted by atomic mass is 10.0. The van der Waals surface area contributed by atoms with Gasteiger partial charge in [0.1, 0.15) is 16.7 Å². The van der Waals surface area contributed by atoms with Crippen molar-refractivity contribution in [1.82, 2.24) is 19.6 Å². The number of amides is 6. The second-order valence-electron chi connectivity index (χ2n) is 9.59. The molecule has 4 aliphatic rings. The first-order valence-corrected chi connectivity index (χ1v) is 9.87. The Morgan fingerprint density at radius 2 is 1.10 bits per heavy atom. The number of hydrogen-bond donors (Lipinski definition) is 0. The van der Waals surface area contributed by atoms with Crippen molar-refractivity contribution < 1.29 is 28.7 Å². The van der Waals surface area contributed by atoms with Crippen LogP contribution in [0.15, 0.2) is 0 Å². The highest BCUT2D eigenvalue weighted by Gasteiger charge is 2.64. The third-order valence-corrected chi connectivity index (χ3v) is 6.32. The summed E-state index contributed by atoms with van der Waals surface area (Å²) in [5.41, 5.74) is -3.65. The Hall–Kier alpha value is -2.20. The van der Waals surface area contributed by atoms with Crippen LogP contribution < -0.4 is 0 Å². The van der Waals surface area contributed by atoms with Crippen LogP contribution in [-0.2, 0) is 19.1 Å². The van der Waals surface area contributed by atoms with Crippen LogP contribution in [0, 0.1) is 0 Å². The minimum atomic E-state index is -1.46. The van der Waals surface area contributed by atoms with Gasteiger partial charge in [-0.05, 0) is 41.5 Å². The van der Waals surface area contributed by atoms with Crippen LogP contribution >= 0.6 is 0 Å². The number of nitrogens with zero attached hydrogens (tertiary/aromatic N) is 4. The maximum Gasteiger partial charge on any atom is 0.329 e. The molecule has 2 unspecified atom stereocenters. The minimum absolute atomic E-state index is 0.0860. The predicted molar refractivity (Wildman–Crippen MR) is 99.6 cm³/mol. The molecule has 10 heteroatoms. The molecule has 4 heterocycles. The standard InChI is InChI=1S/C19H28N4O6/c1-17(2)13(24)22(15(26)20(17)7-11-9-28-11)19(5,6)23-14(25)18(3,4)21(16(23)27)8-12-10-29-12/h11-12H,7-10H2,1-6H3. The fraction of sp³-hybridized carbons (Fsp3) is 0.789. The Bertz CT molecular complexity index is 735. The molecule has 4 aliphatic heterocycles. The summed E-state index contributed by atoms with van der Waals surface area (Å²) in [6, 6.07) is -1.05. The summed E-state index contributed by atoms with van der Waals surface area (Å²) in [5, 5.41) is 0. The van der Waals surface area contributed by atoms with Gasteiger partial charge in [0.2, 0.25) is 0 Å². The van der Waals surface area contributed by atoms with Crippen molar-refractivity contribution in [2.24, 2.45) is 0 Å². The zero-order valence-corrected chi connectivity index (χ0v) is 17.7. The Morgan fingerprint density at radius 3 is 1.38 bits per heavy atom. The lowest BCUT2D eigenvalue weighted by molar-refractivity contribution is -0.145. The van der Waals surface area contributed by atoms with Crippen molar-refractivity contribution in [3.8, 4) is 0 Å². The van der Waals surface area contributed by atoms with Gasteiger partial charge < -0.3 is 19.3 Å². The molecule has 0 aromatic heterocycles. The average molecular weight is 408 g/mol. The Morgan fingerprint density at radius 1 is 0.793 bits per heavy atom. The van der Waals surface area contributed by atoms with E-state index in [1.165, 1.54) is 9.80 Å². The van der Waals surface area contributed by atoms with Gasteiger partial charge in [0.05, 0.1) is 38.5 Å². The number of carbonyl (C=O) groups is 4. The summed E-state index contributed by atoms with van der Waals surface area (Å²) in [5.74, 6) is -0.897. The van der Waals surface area contributed by atoms with Crippen LogP contribution in [-0.4, -0.2) is 98.7 Å². The molecule has 4 saturated heterocycles. The van der Waals surface area contributed by atoms with Gasteiger partial charge in [0, 0.05) is 0 Å². The monoisotopic (exact) mass is 408 g/mol. The van der Waals surface area contributed by atoms with Gasteiger partial charge in [-0.3, -0.25) is 9.59 Å². The number of hydrogen-bond acceptors (Lipinski definition) is 6. The quantitative estimate of drug-likeness (QED) is 0.471. The summed E-state index contributed by atoms with van der Waals surface area (Å²) in [6.07, 6.45) is -0.172. The number of epoxide rings is 2. The summed E-state index contributed by atoms with van der Waals surface area (Å²) in [6.45, 7) is 11.5. The Labute approximate surface area is 169 Å². The largest absolute Gasteiger partial charge is 0.371 e. The molecule has 4 rings (SSSR count). The number of urea groups is 2. The third-order valence-electron chi connectivity index (χ3n) is 6.32. The van der Waals surface area contributed by atoms with Gasteiger partial charge in [-0.25, -0.2) is 19.4 Å². The predicted octanol–water partition coefficient (Wildman–Crippen LogP) is 0.606. The molecular weight excluding hydrogens is 380 g/mol. The van der Waals surface area contributed by atoms with Gasteiger partial charge in [-0.2, -0.15) is 0 Å². The highest BCUT2D eigenvalue weighted by Crippen LogP contribution is 2.40. The van der Waals surface area contributed by atoms with Gasteiger partial charge in [0.25, 0.3) is 11.8 Å². The van der Waals surface area contributed by atoms with E-state index in [1.54, 1.807) is 41.5 Å². The van der Waals surface area contributed by atoms with Gasteiger partial charge in [0.15, 0.2) is 0 Å². The van der Waals surface area contributed by atoms with Crippen molar-refractivity contribution in [3.05, 3.63) is 0 Å². The summed E-state index contributed by atoms with van der Waals surface area (Å²) >= 11 is 0. The van der Waals surface area contributed by atoms with Crippen LogP contribution in [0.3, 0.4) is 0 Å². The van der Waals surface area contributed by atoms with Crippen molar-refractivity contribution in [2.45, 2.75) is 70.5 Å². The lowest BCUT2D eigenvalue weighted by Gasteiger charge is -2.39. The second-order valence-corrected chi connectivity index (χ2v) is 9.59. The molecule has 0 aromatic rings. The zero-order valence-electron chi connectivity index (χ0n) is 17.7. The van der Waals surface area contributed by atoms with Gasteiger partial charge >= 0.3 is 12.1 Å². The molecule has 4 fully saturated rings. The van der Waals surface area contributed by atoms with Crippen molar-refractivity contribution in [1.29, 1.82) is 0 Å². The fourth-order valence-corrected chi connectivity index (χ4v) is 4.10. The van der Waals surface area contributed by atoms with Crippen molar-refractivity contribution in [3.63, 3.8) is 0 Å². The van der Waals surface area contributed by atoms with Crippen LogP contribution in [0.25, 0.3) is 0 Å². The molecule has 0 spiro atoms. The van der Waals surface area contributed by atoms with E-state index in [-0.39, 0.29) is 12.2 Å². The molecular formula is C19H28N4O6. The molecule has 160 valence electrons. The normalized spacial score (nSPS) is 30.7. The molecule has 6 amide bonds. The summed E-state index contributed by atoms with van der Waals surface area (Å²) in [7, 11) is 0. The van der Waals surface area contributed by atoms with E-state index in [0.29, 0.717) is 26.3 Å². The first-order chi connectivity index (χ1) is 13.3. The molecule has 0 aliphatic carbocycles. The van der Waals surface area contributed by atoms with Crippen molar-refractivity contribution in [2.75, 3.05) is 26.3 Å². The second kappa shape index (κ2) is 5.91. The fourth-order valence-electron chi connectivity index (χ4n) is 4.10. The van der Waals surface area contributed by atoms with Crippen LogP contribution in [0.1, 0.15) is 41.5 Å². The molecule has 0 saturated carbocycles. The molecule has 29 heavy (non-hydrogen) atoms. The van der Waals surface area contributed by atoms with E-state index < -0.39 is 40.6 Å². The van der Waals surface area contributed by atoms with E-state index >= 15 is 0 Å². The van der Waals surface area contributed by atoms with Crippen LogP contribution in [0.5, 0.6) is 0 Å². The molecule has 10 nitrogen and oxygen atoms in total. The first kappa shape index (κ1) is 20.1. The maximum absolute atomic E-state index is 13.2. The van der Waals surface area contributed by atoms with Gasteiger partial charge in [-0.1, -0.05) is 0 Å². The molecule has 0 aromatic carbocycles. The molecule has 2 atom stereocenters. The van der Waals surface area contributed by atoms with E-state index in [1.807, 2.05) is 0 Å². The third kappa shape index (κ3) is 2.83. The van der Waals surface area contributed by atoms with Gasteiger partial charge in [-0.15, -0.1) is 0 Å². The maximum atomic E-state index is 13.2. The number of imide groups is 2. The average Bonchev–Trinajstić information content (AvgIpc) is 3.50. The van der Waals surface area contributed by atoms with E-state index in [4.69, 9.17) is 9.47 Å². The number of ether oxygens (including phenoxy) is 2. The highest BCUT2D eigenvalue weighted by molar-refractivity contribution is 6.11. The van der Waals surface area contributed by atoms with Crippen LogP contribution in [0.2, 0.25) is 0 Å². The lowest BCUT2D eigenvalue weighted by Crippen LogP contribution is -2.62.